The lowest BCUT2D eigenvalue weighted by Gasteiger charge is -2.33. The summed E-state index contributed by atoms with van der Waals surface area (Å²) < 4.78 is 17.0. The molecule has 0 amide bonds. The molecule has 4 rings (SSSR count). The summed E-state index contributed by atoms with van der Waals surface area (Å²) in [6.07, 6.45) is 8.80. The van der Waals surface area contributed by atoms with E-state index in [0.29, 0.717) is 12.2 Å². The molecule has 0 bridgehead atoms. The molecular weight excluding hydrogens is 378 g/mol. The molecule has 2 heterocycles. The molecule has 0 saturated heterocycles. The predicted molar refractivity (Wildman–Crippen MR) is 116 cm³/mol. The lowest BCUT2D eigenvalue weighted by Crippen LogP contribution is -3.10. The molecule has 0 fully saturated rings. The van der Waals surface area contributed by atoms with E-state index in [4.69, 9.17) is 14.2 Å². The van der Waals surface area contributed by atoms with Crippen molar-refractivity contribution in [2.24, 2.45) is 5.41 Å². The number of fused-ring (bicyclic) bond motifs is 2. The van der Waals surface area contributed by atoms with E-state index < -0.39 is 0 Å². The number of hydrogen-bond donors (Lipinski definition) is 1. The Morgan fingerprint density at radius 3 is 2.87 bits per heavy atom. The molecule has 2 aliphatic heterocycles. The largest absolute Gasteiger partial charge is 0.492 e. The maximum absolute atomic E-state index is 13.0. The standard InChI is InChI=1S/C25H33NO4/c1-16-7-6-11-25(2,3)19(16)9-8-18(27)14-20-22-17(10-12-26(20)4)13-21-23(24(22)28-5)30-15-29-21/h8-9,13,20H,6-7,10-12,14-15H2,1-5H3/p+1/b9-8+/t20-/m0/s1. The number of hydrogen-bond acceptors (Lipinski definition) is 4. The molecule has 2 atom stereocenters. The van der Waals surface area contributed by atoms with E-state index in [0.717, 1.165) is 36.4 Å². The Labute approximate surface area is 179 Å². The van der Waals surface area contributed by atoms with Crippen LogP contribution in [-0.2, 0) is 11.2 Å². The van der Waals surface area contributed by atoms with Crippen LogP contribution in [0.4, 0.5) is 0 Å². The molecule has 1 N–H and O–H groups in total. The quantitative estimate of drug-likeness (QED) is 0.751. The molecule has 30 heavy (non-hydrogen) atoms. The summed E-state index contributed by atoms with van der Waals surface area (Å²) in [7, 11) is 3.83. The summed E-state index contributed by atoms with van der Waals surface area (Å²) in [5.41, 5.74) is 5.18. The zero-order valence-electron chi connectivity index (χ0n) is 18.9. The van der Waals surface area contributed by atoms with E-state index in [1.165, 1.54) is 34.5 Å². The van der Waals surface area contributed by atoms with Crippen molar-refractivity contribution in [3.05, 3.63) is 40.5 Å². The van der Waals surface area contributed by atoms with E-state index in [-0.39, 0.29) is 24.0 Å². The van der Waals surface area contributed by atoms with Crippen LogP contribution in [0.2, 0.25) is 0 Å². The second kappa shape index (κ2) is 8.10. The Kier molecular flexibility index (Phi) is 5.67. The minimum absolute atomic E-state index is 0.0461. The monoisotopic (exact) mass is 412 g/mol. The lowest BCUT2D eigenvalue weighted by atomic mass is 9.72. The molecule has 0 saturated carbocycles. The zero-order chi connectivity index (χ0) is 21.5. The minimum atomic E-state index is 0.0461. The Hall–Kier alpha value is -2.27. The molecule has 1 aromatic rings. The number of rotatable bonds is 5. The number of nitrogens with one attached hydrogen (secondary N) is 1. The summed E-state index contributed by atoms with van der Waals surface area (Å²) in [4.78, 5) is 14.4. The van der Waals surface area contributed by atoms with Gasteiger partial charge in [-0.3, -0.25) is 4.79 Å². The minimum Gasteiger partial charge on any atom is -0.492 e. The highest BCUT2D eigenvalue weighted by atomic mass is 16.7. The highest BCUT2D eigenvalue weighted by Crippen LogP contribution is 2.48. The number of carbonyl (C=O) groups excluding carboxylic acids is 1. The van der Waals surface area contributed by atoms with E-state index in [1.807, 2.05) is 0 Å². The number of likely N-dealkylation sites (N-methyl/N-ethyl adjacent to an activating group) is 1. The van der Waals surface area contributed by atoms with Crippen LogP contribution in [0, 0.1) is 5.41 Å². The molecule has 5 heteroatoms. The van der Waals surface area contributed by atoms with Gasteiger partial charge in [0.25, 0.3) is 0 Å². The highest BCUT2D eigenvalue weighted by Gasteiger charge is 2.37. The summed E-state index contributed by atoms with van der Waals surface area (Å²) in [6.45, 7) is 7.96. The first-order valence-corrected chi connectivity index (χ1v) is 11.0. The Morgan fingerprint density at radius 1 is 1.33 bits per heavy atom. The van der Waals surface area contributed by atoms with Gasteiger partial charge in [-0.1, -0.05) is 25.5 Å². The van der Waals surface area contributed by atoms with Gasteiger partial charge in [-0.05, 0) is 54.9 Å². The van der Waals surface area contributed by atoms with Crippen molar-refractivity contribution in [2.75, 3.05) is 27.5 Å². The maximum atomic E-state index is 13.0. The molecule has 1 aromatic carbocycles. The van der Waals surface area contributed by atoms with Crippen molar-refractivity contribution in [1.29, 1.82) is 0 Å². The topological polar surface area (TPSA) is 49.2 Å². The summed E-state index contributed by atoms with van der Waals surface area (Å²) >= 11 is 0. The highest BCUT2D eigenvalue weighted by molar-refractivity contribution is 5.90. The predicted octanol–water partition coefficient (Wildman–Crippen LogP) is 3.58. The summed E-state index contributed by atoms with van der Waals surface area (Å²) in [6, 6.07) is 2.11. The van der Waals surface area contributed by atoms with Crippen LogP contribution in [0.1, 0.15) is 63.6 Å². The molecule has 1 aliphatic carbocycles. The smallest absolute Gasteiger partial charge is 0.231 e. The molecule has 3 aliphatic rings. The van der Waals surface area contributed by atoms with Crippen LogP contribution >= 0.6 is 0 Å². The van der Waals surface area contributed by atoms with Crippen LogP contribution in [0.3, 0.4) is 0 Å². The molecule has 0 spiro atoms. The molecule has 162 valence electrons. The molecule has 5 nitrogen and oxygen atoms in total. The number of benzene rings is 1. The van der Waals surface area contributed by atoms with Gasteiger partial charge < -0.3 is 19.1 Å². The third-order valence-electron chi connectivity index (χ3n) is 7.06. The Morgan fingerprint density at radius 2 is 2.13 bits per heavy atom. The third-order valence-corrected chi connectivity index (χ3v) is 7.06. The van der Waals surface area contributed by atoms with E-state index in [2.05, 4.69) is 40.0 Å². The van der Waals surface area contributed by atoms with Crippen molar-refractivity contribution < 1.29 is 23.9 Å². The SMILES string of the molecule is COc1c2c(cc3c1[C@H](CC(=O)/C=C/C1=C(C)CCCC1(C)C)[NH+](C)CC3)OCO2. The molecule has 0 aromatic heterocycles. The second-order valence-electron chi connectivity index (χ2n) is 9.55. The zero-order valence-corrected chi connectivity index (χ0v) is 18.9. The molecular formula is C25H34NO4+. The second-order valence-corrected chi connectivity index (χ2v) is 9.55. The Bertz CT molecular complexity index is 912. The van der Waals surface area contributed by atoms with Crippen molar-refractivity contribution in [3.8, 4) is 17.2 Å². The van der Waals surface area contributed by atoms with Crippen LogP contribution in [0.5, 0.6) is 17.2 Å². The first kappa shape index (κ1) is 21.0. The van der Waals surface area contributed by atoms with Crippen LogP contribution in [0.15, 0.2) is 29.4 Å². The van der Waals surface area contributed by atoms with Gasteiger partial charge in [0.15, 0.2) is 17.3 Å². The van der Waals surface area contributed by atoms with Crippen molar-refractivity contribution in [2.45, 2.75) is 58.9 Å². The Balaban J connectivity index is 1.61. The van der Waals surface area contributed by atoms with Gasteiger partial charge >= 0.3 is 0 Å². The number of methoxy groups -OCH3 is 1. The average Bonchev–Trinajstić information content (AvgIpc) is 3.16. The van der Waals surface area contributed by atoms with Gasteiger partial charge in [0, 0.05) is 6.42 Å². The molecule has 0 radical (unpaired) electrons. The van der Waals surface area contributed by atoms with Gasteiger partial charge in [-0.25, -0.2) is 0 Å². The number of carbonyl (C=O) groups is 1. The number of ketones is 1. The fourth-order valence-electron chi connectivity index (χ4n) is 5.35. The molecule has 1 unspecified atom stereocenters. The summed E-state index contributed by atoms with van der Waals surface area (Å²) in [5, 5.41) is 0. The maximum Gasteiger partial charge on any atom is 0.231 e. The van der Waals surface area contributed by atoms with Gasteiger partial charge in [0.1, 0.15) is 6.04 Å². The van der Waals surface area contributed by atoms with E-state index in [9.17, 15) is 4.79 Å². The van der Waals surface area contributed by atoms with Crippen molar-refractivity contribution >= 4 is 5.78 Å². The normalized spacial score (nSPS) is 24.8. The van der Waals surface area contributed by atoms with Gasteiger partial charge in [0.2, 0.25) is 12.5 Å². The first-order chi connectivity index (χ1) is 14.3. The van der Waals surface area contributed by atoms with E-state index in [1.54, 1.807) is 13.2 Å². The fourth-order valence-corrected chi connectivity index (χ4v) is 5.35. The van der Waals surface area contributed by atoms with Gasteiger partial charge in [-0.2, -0.15) is 0 Å². The van der Waals surface area contributed by atoms with E-state index >= 15 is 0 Å². The van der Waals surface area contributed by atoms with Gasteiger partial charge in [-0.15, -0.1) is 0 Å². The fraction of sp³-hybridized carbons (Fsp3) is 0.560. The van der Waals surface area contributed by atoms with Crippen LogP contribution in [0.25, 0.3) is 0 Å². The third kappa shape index (κ3) is 3.76. The van der Waals surface area contributed by atoms with Crippen molar-refractivity contribution in [3.63, 3.8) is 0 Å². The number of quaternary nitrogens is 1. The van der Waals surface area contributed by atoms with Crippen LogP contribution in [-0.4, -0.2) is 33.3 Å². The van der Waals surface area contributed by atoms with Crippen LogP contribution < -0.4 is 19.1 Å². The van der Waals surface area contributed by atoms with Crippen molar-refractivity contribution in [1.82, 2.24) is 0 Å². The van der Waals surface area contributed by atoms with Gasteiger partial charge in [0.05, 0.1) is 32.7 Å². The summed E-state index contributed by atoms with van der Waals surface area (Å²) in [5.74, 6) is 2.31. The number of ether oxygens (including phenoxy) is 3. The average molecular weight is 413 g/mol. The first-order valence-electron chi connectivity index (χ1n) is 11.0. The number of allylic oxidation sites excluding steroid dienone is 4. The lowest BCUT2D eigenvalue weighted by molar-refractivity contribution is -0.914.